The first-order chi connectivity index (χ1) is 7.70. The van der Waals surface area contributed by atoms with E-state index in [4.69, 9.17) is 4.74 Å². The first kappa shape index (κ1) is 19.3. The highest BCUT2D eigenvalue weighted by Crippen LogP contribution is 2.02. The zero-order chi connectivity index (χ0) is 12.2. The zero-order valence-corrected chi connectivity index (χ0v) is 13.9. The van der Waals surface area contributed by atoms with Crippen LogP contribution in [0.4, 0.5) is 0 Å². The van der Waals surface area contributed by atoms with Crippen LogP contribution in [0.15, 0.2) is 4.99 Å². The fourth-order valence-corrected chi connectivity index (χ4v) is 1.30. The van der Waals surface area contributed by atoms with E-state index >= 15 is 0 Å². The van der Waals surface area contributed by atoms with E-state index in [0.29, 0.717) is 6.61 Å². The number of rotatable bonds is 8. The van der Waals surface area contributed by atoms with Crippen LogP contribution in [0.25, 0.3) is 0 Å². The molecule has 0 aliphatic heterocycles. The van der Waals surface area contributed by atoms with E-state index in [1.165, 1.54) is 6.42 Å². The third-order valence-corrected chi connectivity index (χ3v) is 2.15. The highest BCUT2D eigenvalue weighted by atomic mass is 127. The lowest BCUT2D eigenvalue weighted by atomic mass is 10.1. The van der Waals surface area contributed by atoms with Gasteiger partial charge in [-0.25, -0.2) is 0 Å². The molecular formula is C12H28IN3O. The highest BCUT2D eigenvalue weighted by Gasteiger charge is 1.96. The van der Waals surface area contributed by atoms with Crippen molar-refractivity contribution in [3.05, 3.63) is 0 Å². The van der Waals surface area contributed by atoms with E-state index < -0.39 is 0 Å². The highest BCUT2D eigenvalue weighted by molar-refractivity contribution is 14.0. The van der Waals surface area contributed by atoms with E-state index in [9.17, 15) is 0 Å². The third kappa shape index (κ3) is 13.9. The van der Waals surface area contributed by atoms with Gasteiger partial charge < -0.3 is 15.4 Å². The number of hydrogen-bond acceptors (Lipinski definition) is 2. The van der Waals surface area contributed by atoms with Crippen LogP contribution < -0.4 is 10.6 Å². The van der Waals surface area contributed by atoms with Gasteiger partial charge in [0.05, 0.1) is 6.61 Å². The Kier molecular flexibility index (Phi) is 15.9. The van der Waals surface area contributed by atoms with Crippen LogP contribution in [-0.4, -0.2) is 39.3 Å². The van der Waals surface area contributed by atoms with Crippen molar-refractivity contribution < 1.29 is 4.74 Å². The van der Waals surface area contributed by atoms with Crippen molar-refractivity contribution in [3.8, 4) is 0 Å². The monoisotopic (exact) mass is 357 g/mol. The first-order valence-electron chi connectivity index (χ1n) is 6.21. The van der Waals surface area contributed by atoms with Crippen LogP contribution in [-0.2, 0) is 4.74 Å². The minimum absolute atomic E-state index is 0. The summed E-state index contributed by atoms with van der Waals surface area (Å²) in [5, 5.41) is 6.44. The van der Waals surface area contributed by atoms with Crippen molar-refractivity contribution >= 4 is 29.9 Å². The predicted molar refractivity (Wildman–Crippen MR) is 85.3 cm³/mol. The Morgan fingerprint density at radius 1 is 1.29 bits per heavy atom. The topological polar surface area (TPSA) is 45.7 Å². The van der Waals surface area contributed by atoms with Gasteiger partial charge in [-0.15, -0.1) is 24.0 Å². The molecule has 0 spiro atoms. The van der Waals surface area contributed by atoms with Crippen molar-refractivity contribution in [2.75, 3.05) is 33.4 Å². The van der Waals surface area contributed by atoms with Gasteiger partial charge in [0.2, 0.25) is 0 Å². The maximum absolute atomic E-state index is 4.98. The summed E-state index contributed by atoms with van der Waals surface area (Å²) in [4.78, 5) is 4.50. The molecule has 0 aliphatic rings. The van der Waals surface area contributed by atoms with Gasteiger partial charge in [-0.1, -0.05) is 13.8 Å². The Labute approximate surface area is 123 Å². The second-order valence-electron chi connectivity index (χ2n) is 4.22. The molecule has 0 aromatic heterocycles. The largest absolute Gasteiger partial charge is 0.383 e. The Bertz CT molecular complexity index is 187. The molecule has 0 aromatic carbocycles. The summed E-state index contributed by atoms with van der Waals surface area (Å²) < 4.78 is 4.98. The van der Waals surface area contributed by atoms with Crippen LogP contribution >= 0.6 is 24.0 Å². The molecule has 2 N–H and O–H groups in total. The lowest BCUT2D eigenvalue weighted by Gasteiger charge is -2.10. The van der Waals surface area contributed by atoms with E-state index in [1.807, 2.05) is 0 Å². The summed E-state index contributed by atoms with van der Waals surface area (Å²) in [7, 11) is 1.70. The fourth-order valence-electron chi connectivity index (χ4n) is 1.30. The number of nitrogens with one attached hydrogen (secondary N) is 2. The van der Waals surface area contributed by atoms with Crippen molar-refractivity contribution in [2.45, 2.75) is 33.6 Å². The van der Waals surface area contributed by atoms with Crippen molar-refractivity contribution in [1.82, 2.24) is 10.6 Å². The molecule has 0 saturated carbocycles. The van der Waals surface area contributed by atoms with Crippen LogP contribution in [0.5, 0.6) is 0 Å². The minimum Gasteiger partial charge on any atom is -0.383 e. The number of ether oxygens (including phenoxy) is 1. The number of guanidine groups is 1. The summed E-state index contributed by atoms with van der Waals surface area (Å²) in [6, 6.07) is 0. The second kappa shape index (κ2) is 14.0. The van der Waals surface area contributed by atoms with Gasteiger partial charge in [0.1, 0.15) is 0 Å². The van der Waals surface area contributed by atoms with Crippen LogP contribution in [0.2, 0.25) is 0 Å². The summed E-state index contributed by atoms with van der Waals surface area (Å²) in [6.45, 7) is 9.84. The molecule has 5 heteroatoms. The summed E-state index contributed by atoms with van der Waals surface area (Å²) >= 11 is 0. The van der Waals surface area contributed by atoms with Crippen LogP contribution in [0, 0.1) is 5.92 Å². The van der Waals surface area contributed by atoms with Gasteiger partial charge >= 0.3 is 0 Å². The van der Waals surface area contributed by atoms with Gasteiger partial charge in [-0.2, -0.15) is 0 Å². The number of methoxy groups -OCH3 is 1. The molecule has 104 valence electrons. The van der Waals surface area contributed by atoms with Crippen molar-refractivity contribution in [2.24, 2.45) is 10.9 Å². The quantitative estimate of drug-likeness (QED) is 0.303. The van der Waals surface area contributed by atoms with E-state index in [1.54, 1.807) is 7.11 Å². The SMILES string of the molecule is CCNC(=NCCCC(C)C)NCCOC.I. The number of hydrogen-bond donors (Lipinski definition) is 2. The lowest BCUT2D eigenvalue weighted by molar-refractivity contribution is 0.203. The molecular weight excluding hydrogens is 329 g/mol. The molecule has 0 atom stereocenters. The van der Waals surface area contributed by atoms with E-state index in [0.717, 1.165) is 37.9 Å². The molecule has 17 heavy (non-hydrogen) atoms. The molecule has 0 fully saturated rings. The van der Waals surface area contributed by atoms with Crippen molar-refractivity contribution in [1.29, 1.82) is 0 Å². The molecule has 0 aromatic rings. The zero-order valence-electron chi connectivity index (χ0n) is 11.6. The number of aliphatic imine (C=N–C) groups is 1. The summed E-state index contributed by atoms with van der Waals surface area (Å²) in [6.07, 6.45) is 2.39. The minimum atomic E-state index is 0. The molecule has 0 bridgehead atoms. The predicted octanol–water partition coefficient (Wildman–Crippen LogP) is 2.24. The van der Waals surface area contributed by atoms with Crippen molar-refractivity contribution in [3.63, 3.8) is 0 Å². The van der Waals surface area contributed by atoms with E-state index in [2.05, 4.69) is 36.4 Å². The van der Waals surface area contributed by atoms with Crippen LogP contribution in [0.3, 0.4) is 0 Å². The molecule has 0 unspecified atom stereocenters. The Balaban J connectivity index is 0. The Morgan fingerprint density at radius 2 is 2.00 bits per heavy atom. The first-order valence-corrected chi connectivity index (χ1v) is 6.21. The van der Waals surface area contributed by atoms with Crippen LogP contribution in [0.1, 0.15) is 33.6 Å². The maximum Gasteiger partial charge on any atom is 0.191 e. The lowest BCUT2D eigenvalue weighted by Crippen LogP contribution is -2.39. The van der Waals surface area contributed by atoms with Gasteiger partial charge in [0.25, 0.3) is 0 Å². The van der Waals surface area contributed by atoms with Gasteiger partial charge in [-0.3, -0.25) is 4.99 Å². The van der Waals surface area contributed by atoms with E-state index in [-0.39, 0.29) is 24.0 Å². The molecule has 0 heterocycles. The average Bonchev–Trinajstić information content (AvgIpc) is 2.24. The average molecular weight is 357 g/mol. The Morgan fingerprint density at radius 3 is 2.53 bits per heavy atom. The molecule has 0 radical (unpaired) electrons. The standard InChI is InChI=1S/C12H27N3O.HI/c1-5-13-12(15-9-10-16-4)14-8-6-7-11(2)3;/h11H,5-10H2,1-4H3,(H2,13,14,15);1H. The molecule has 0 saturated heterocycles. The summed E-state index contributed by atoms with van der Waals surface area (Å²) in [5.41, 5.74) is 0. The molecule has 0 rings (SSSR count). The number of halogens is 1. The summed E-state index contributed by atoms with van der Waals surface area (Å²) in [5.74, 6) is 1.66. The molecule has 4 nitrogen and oxygen atoms in total. The normalized spacial score (nSPS) is 11.2. The number of nitrogens with zero attached hydrogens (tertiary/aromatic N) is 1. The molecule has 0 aliphatic carbocycles. The third-order valence-electron chi connectivity index (χ3n) is 2.15. The fraction of sp³-hybridized carbons (Fsp3) is 0.917. The van der Waals surface area contributed by atoms with Gasteiger partial charge in [0.15, 0.2) is 5.96 Å². The Hall–Kier alpha value is -0.0400. The molecule has 0 amide bonds. The second-order valence-corrected chi connectivity index (χ2v) is 4.22. The maximum atomic E-state index is 4.98. The van der Waals surface area contributed by atoms with Gasteiger partial charge in [0, 0.05) is 26.7 Å². The van der Waals surface area contributed by atoms with Gasteiger partial charge in [-0.05, 0) is 25.7 Å². The smallest absolute Gasteiger partial charge is 0.191 e.